The molecular formula is C26H31N7O2. The fourth-order valence-electron chi connectivity index (χ4n) is 5.31. The molecule has 1 saturated heterocycles. The van der Waals surface area contributed by atoms with E-state index in [9.17, 15) is 9.59 Å². The molecule has 1 aromatic carbocycles. The standard InChI is InChI=1S/C26H31N7O2/c1-18-14-21(32(4)30-18)22(34)31(3)23-27-15-20(16-28-23)33-17-26(29-24(33)35)12-10-25(2,11-13-26)19-8-6-5-7-9-19/h5-9,14-16H,10-13,17H2,1-4H3,(H,29,35). The van der Waals surface area contributed by atoms with Gasteiger partial charge < -0.3 is 5.32 Å². The smallest absolute Gasteiger partial charge is 0.322 e. The largest absolute Gasteiger partial charge is 0.330 e. The topological polar surface area (TPSA) is 96.3 Å². The molecule has 1 N–H and O–H groups in total. The highest BCUT2D eigenvalue weighted by Crippen LogP contribution is 2.44. The lowest BCUT2D eigenvalue weighted by Gasteiger charge is -2.43. The highest BCUT2D eigenvalue weighted by Gasteiger charge is 2.48. The average molecular weight is 474 g/mol. The van der Waals surface area contributed by atoms with Crippen LogP contribution in [0.15, 0.2) is 48.8 Å². The molecule has 0 unspecified atom stereocenters. The highest BCUT2D eigenvalue weighted by atomic mass is 16.2. The van der Waals surface area contributed by atoms with E-state index < -0.39 is 0 Å². The number of hydrogen-bond acceptors (Lipinski definition) is 5. The molecule has 35 heavy (non-hydrogen) atoms. The molecule has 2 aromatic heterocycles. The maximum absolute atomic E-state index is 12.9. The van der Waals surface area contributed by atoms with Crippen LogP contribution in [0.25, 0.3) is 0 Å². The summed E-state index contributed by atoms with van der Waals surface area (Å²) < 4.78 is 1.55. The van der Waals surface area contributed by atoms with Crippen LogP contribution in [0.2, 0.25) is 0 Å². The van der Waals surface area contributed by atoms with E-state index in [1.165, 1.54) is 10.5 Å². The van der Waals surface area contributed by atoms with E-state index in [0.717, 1.165) is 31.4 Å². The van der Waals surface area contributed by atoms with Gasteiger partial charge in [0.2, 0.25) is 5.95 Å². The first-order valence-corrected chi connectivity index (χ1v) is 12.0. The number of amides is 3. The van der Waals surface area contributed by atoms with Gasteiger partial charge in [0.05, 0.1) is 35.9 Å². The lowest BCUT2D eigenvalue weighted by molar-refractivity contribution is 0.0982. The maximum atomic E-state index is 12.9. The van der Waals surface area contributed by atoms with Gasteiger partial charge in [0.25, 0.3) is 5.91 Å². The molecule has 3 aromatic rings. The van der Waals surface area contributed by atoms with Crippen LogP contribution in [-0.4, -0.2) is 50.8 Å². The first-order chi connectivity index (χ1) is 16.7. The van der Waals surface area contributed by atoms with Crippen molar-refractivity contribution < 1.29 is 9.59 Å². The molecule has 2 fully saturated rings. The molecule has 0 radical (unpaired) electrons. The molecular weight excluding hydrogens is 442 g/mol. The second kappa shape index (κ2) is 8.48. The fourth-order valence-corrected chi connectivity index (χ4v) is 5.31. The number of urea groups is 1. The molecule has 1 aliphatic carbocycles. The summed E-state index contributed by atoms with van der Waals surface area (Å²) >= 11 is 0. The first kappa shape index (κ1) is 23.0. The molecule has 1 saturated carbocycles. The summed E-state index contributed by atoms with van der Waals surface area (Å²) in [5, 5.41) is 7.48. The molecule has 0 atom stereocenters. The second-order valence-electron chi connectivity index (χ2n) is 10.1. The molecule has 182 valence electrons. The van der Waals surface area contributed by atoms with Crippen molar-refractivity contribution in [3.63, 3.8) is 0 Å². The number of aryl methyl sites for hydroxylation is 2. The third-order valence-electron chi connectivity index (χ3n) is 7.62. The van der Waals surface area contributed by atoms with Gasteiger partial charge in [-0.1, -0.05) is 37.3 Å². The van der Waals surface area contributed by atoms with Gasteiger partial charge in [0.1, 0.15) is 5.69 Å². The first-order valence-electron chi connectivity index (χ1n) is 12.0. The van der Waals surface area contributed by atoms with Gasteiger partial charge in [-0.3, -0.25) is 19.3 Å². The van der Waals surface area contributed by atoms with Crippen LogP contribution in [0.5, 0.6) is 0 Å². The number of carbonyl (C=O) groups excluding carboxylic acids is 2. The Hall–Kier alpha value is -3.75. The number of nitrogens with zero attached hydrogens (tertiary/aromatic N) is 6. The predicted octanol–water partition coefficient (Wildman–Crippen LogP) is 3.60. The zero-order chi connectivity index (χ0) is 24.8. The Labute approximate surface area is 205 Å². The van der Waals surface area contributed by atoms with Crippen molar-refractivity contribution in [2.75, 3.05) is 23.4 Å². The molecule has 2 aliphatic rings. The monoisotopic (exact) mass is 473 g/mol. The quantitative estimate of drug-likeness (QED) is 0.625. The van der Waals surface area contributed by atoms with Crippen LogP contribution in [0.3, 0.4) is 0 Å². The Morgan fingerprint density at radius 3 is 2.34 bits per heavy atom. The van der Waals surface area contributed by atoms with Crippen molar-refractivity contribution in [1.29, 1.82) is 0 Å². The predicted molar refractivity (Wildman–Crippen MR) is 134 cm³/mol. The third-order valence-corrected chi connectivity index (χ3v) is 7.62. The number of rotatable bonds is 4. The van der Waals surface area contributed by atoms with Crippen molar-refractivity contribution in [2.45, 2.75) is 50.5 Å². The number of carbonyl (C=O) groups is 2. The summed E-state index contributed by atoms with van der Waals surface area (Å²) in [4.78, 5) is 37.6. The van der Waals surface area contributed by atoms with Gasteiger partial charge in [-0.05, 0) is 49.7 Å². The zero-order valence-corrected chi connectivity index (χ0v) is 20.7. The van der Waals surface area contributed by atoms with Gasteiger partial charge in [0, 0.05) is 14.1 Å². The molecule has 9 heteroatoms. The summed E-state index contributed by atoms with van der Waals surface area (Å²) in [7, 11) is 3.36. The Morgan fingerprint density at radius 2 is 1.74 bits per heavy atom. The molecule has 0 bridgehead atoms. The van der Waals surface area contributed by atoms with E-state index in [1.807, 2.05) is 13.0 Å². The van der Waals surface area contributed by atoms with Crippen LogP contribution < -0.4 is 15.1 Å². The number of nitrogens with one attached hydrogen (secondary N) is 1. The van der Waals surface area contributed by atoms with Crippen molar-refractivity contribution in [3.05, 3.63) is 65.7 Å². The van der Waals surface area contributed by atoms with Crippen molar-refractivity contribution in [1.82, 2.24) is 25.1 Å². The van der Waals surface area contributed by atoms with E-state index in [4.69, 9.17) is 0 Å². The van der Waals surface area contributed by atoms with Gasteiger partial charge >= 0.3 is 6.03 Å². The Morgan fingerprint density at radius 1 is 1.09 bits per heavy atom. The number of aromatic nitrogens is 4. The van der Waals surface area contributed by atoms with Crippen molar-refractivity contribution in [2.24, 2.45) is 7.05 Å². The fraction of sp³-hybridized carbons (Fsp3) is 0.423. The maximum Gasteiger partial charge on any atom is 0.322 e. The van der Waals surface area contributed by atoms with Gasteiger partial charge in [-0.2, -0.15) is 5.10 Å². The normalized spacial score (nSPS) is 24.0. The summed E-state index contributed by atoms with van der Waals surface area (Å²) in [6.07, 6.45) is 7.08. The molecule has 1 spiro atoms. The number of benzene rings is 1. The lowest BCUT2D eigenvalue weighted by atomic mass is 9.65. The zero-order valence-electron chi connectivity index (χ0n) is 20.7. The van der Waals surface area contributed by atoms with Gasteiger partial charge in [-0.15, -0.1) is 0 Å². The minimum absolute atomic E-state index is 0.124. The third kappa shape index (κ3) is 4.15. The Bertz CT molecular complexity index is 1240. The minimum atomic E-state index is -0.248. The van der Waals surface area contributed by atoms with Crippen LogP contribution in [-0.2, 0) is 12.5 Å². The minimum Gasteiger partial charge on any atom is -0.330 e. The molecule has 1 aliphatic heterocycles. The number of anilines is 2. The van der Waals surface area contributed by atoms with E-state index in [0.29, 0.717) is 17.9 Å². The molecule has 9 nitrogen and oxygen atoms in total. The highest BCUT2D eigenvalue weighted by molar-refractivity contribution is 6.03. The Balaban J connectivity index is 1.27. The lowest BCUT2D eigenvalue weighted by Crippen LogP contribution is -2.49. The van der Waals surface area contributed by atoms with Crippen LogP contribution in [0.4, 0.5) is 16.4 Å². The second-order valence-corrected chi connectivity index (χ2v) is 10.1. The Kier molecular flexibility index (Phi) is 5.57. The van der Waals surface area contributed by atoms with E-state index in [-0.39, 0.29) is 28.8 Å². The van der Waals surface area contributed by atoms with Crippen molar-refractivity contribution in [3.8, 4) is 0 Å². The average Bonchev–Trinajstić information content (AvgIpc) is 3.38. The van der Waals surface area contributed by atoms with E-state index in [2.05, 4.69) is 51.6 Å². The van der Waals surface area contributed by atoms with Crippen LogP contribution in [0.1, 0.15) is 54.4 Å². The van der Waals surface area contributed by atoms with Crippen molar-refractivity contribution >= 4 is 23.6 Å². The summed E-state index contributed by atoms with van der Waals surface area (Å²) in [5.74, 6) is 0.0191. The molecule has 3 heterocycles. The van der Waals surface area contributed by atoms with Gasteiger partial charge in [-0.25, -0.2) is 14.8 Å². The summed E-state index contributed by atoms with van der Waals surface area (Å²) in [6, 6.07) is 12.2. The SMILES string of the molecule is Cc1cc(C(=O)N(C)c2ncc(N3CC4(CCC(C)(c5ccccc5)CC4)NC3=O)cn2)n(C)n1. The van der Waals surface area contributed by atoms with E-state index >= 15 is 0 Å². The summed E-state index contributed by atoms with van der Waals surface area (Å²) in [5.41, 5.74) is 3.09. The van der Waals surface area contributed by atoms with Gasteiger partial charge in [0.15, 0.2) is 0 Å². The van der Waals surface area contributed by atoms with Crippen LogP contribution in [0, 0.1) is 6.92 Å². The molecule has 3 amide bonds. The molecule has 5 rings (SSSR count). The summed E-state index contributed by atoms with van der Waals surface area (Å²) in [6.45, 7) is 4.74. The van der Waals surface area contributed by atoms with Crippen LogP contribution >= 0.6 is 0 Å². The number of hydrogen-bond donors (Lipinski definition) is 1. The van der Waals surface area contributed by atoms with E-state index in [1.54, 1.807) is 42.1 Å².